The number of rotatable bonds is 2. The first-order valence-corrected chi connectivity index (χ1v) is 15.1. The van der Waals surface area contributed by atoms with Crippen LogP contribution in [0, 0.1) is 56.7 Å². The molecule has 3 heteroatoms. The number of allylic oxidation sites excluding steroid dienone is 1. The lowest BCUT2D eigenvalue weighted by Gasteiger charge is -2.72. The molecule has 0 aliphatic heterocycles. The molecule has 0 aromatic carbocycles. The number of carbonyl (C=O) groups excluding carboxylic acids is 1. The van der Waals surface area contributed by atoms with Crippen molar-refractivity contribution in [3.8, 4) is 0 Å². The van der Waals surface area contributed by atoms with Gasteiger partial charge in [-0.05, 0) is 96.7 Å². The smallest absolute Gasteiger partial charge is 0.302 e. The highest BCUT2D eigenvalue weighted by molar-refractivity contribution is 5.66. The molecule has 4 saturated carbocycles. The van der Waals surface area contributed by atoms with Crippen LogP contribution in [0.2, 0.25) is 0 Å². The summed E-state index contributed by atoms with van der Waals surface area (Å²) in [4.78, 5) is 12.0. The van der Waals surface area contributed by atoms with E-state index in [4.69, 9.17) is 9.47 Å². The summed E-state index contributed by atoms with van der Waals surface area (Å²) < 4.78 is 12.4. The van der Waals surface area contributed by atoms with E-state index in [1.807, 2.05) is 7.11 Å². The summed E-state index contributed by atoms with van der Waals surface area (Å²) in [6.45, 7) is 21.9. The Labute approximate surface area is 221 Å². The summed E-state index contributed by atoms with van der Waals surface area (Å²) in [5.74, 6) is 3.09. The molecule has 0 amide bonds. The maximum atomic E-state index is 12.0. The standard InChI is InChI=1S/C33H54O3/c1-20-11-14-30(6)17-18-32(8)23(27(30)21(20)2)19-24(35-10)28-31(7)15-13-26(36-22(3)34)29(4,5)25(31)12-16-33(28,32)9/h19-21,24-28H,11-18H2,1-10H3/t20-,21+,24-,25+,26-,27+,28-,30-,31+,32-,33-/m1/s1. The highest BCUT2D eigenvalue weighted by Gasteiger charge is 2.70. The van der Waals surface area contributed by atoms with Crippen molar-refractivity contribution < 1.29 is 14.3 Å². The van der Waals surface area contributed by atoms with Gasteiger partial charge in [0.2, 0.25) is 0 Å². The molecule has 0 heterocycles. The van der Waals surface area contributed by atoms with Gasteiger partial charge in [-0.15, -0.1) is 0 Å². The molecule has 3 nitrogen and oxygen atoms in total. The number of fused-ring (bicyclic) bond motifs is 7. The van der Waals surface area contributed by atoms with Crippen LogP contribution >= 0.6 is 0 Å². The van der Waals surface area contributed by atoms with Crippen LogP contribution in [0.25, 0.3) is 0 Å². The maximum Gasteiger partial charge on any atom is 0.302 e. The van der Waals surface area contributed by atoms with E-state index in [0.29, 0.717) is 23.2 Å². The molecular weight excluding hydrogens is 444 g/mol. The molecule has 0 aromatic rings. The van der Waals surface area contributed by atoms with Gasteiger partial charge in [-0.3, -0.25) is 4.79 Å². The van der Waals surface area contributed by atoms with Gasteiger partial charge in [0.05, 0.1) is 6.10 Å². The lowest BCUT2D eigenvalue weighted by molar-refractivity contribution is -0.233. The minimum Gasteiger partial charge on any atom is -0.462 e. The highest BCUT2D eigenvalue weighted by Crippen LogP contribution is 2.76. The lowest BCUT2D eigenvalue weighted by Crippen LogP contribution is -2.67. The molecule has 0 saturated heterocycles. The zero-order valence-corrected chi connectivity index (χ0v) is 25.0. The third-order valence-corrected chi connectivity index (χ3v) is 13.8. The number of hydrogen-bond donors (Lipinski definition) is 0. The van der Waals surface area contributed by atoms with Gasteiger partial charge in [-0.1, -0.05) is 67.0 Å². The van der Waals surface area contributed by atoms with E-state index in [1.54, 1.807) is 12.5 Å². The van der Waals surface area contributed by atoms with Crippen LogP contribution in [-0.4, -0.2) is 25.3 Å². The van der Waals surface area contributed by atoms with E-state index in [1.165, 1.54) is 38.5 Å². The van der Waals surface area contributed by atoms with E-state index >= 15 is 0 Å². The number of hydrogen-bond acceptors (Lipinski definition) is 3. The molecular formula is C33H54O3. The fraction of sp³-hybridized carbons (Fsp3) is 0.909. The number of esters is 1. The molecule has 5 aliphatic rings. The van der Waals surface area contributed by atoms with Crippen molar-refractivity contribution in [2.75, 3.05) is 7.11 Å². The molecule has 5 rings (SSSR count). The summed E-state index contributed by atoms with van der Waals surface area (Å²) in [6.07, 6.45) is 12.8. The molecule has 0 unspecified atom stereocenters. The van der Waals surface area contributed by atoms with Crippen molar-refractivity contribution in [2.45, 2.75) is 126 Å². The quantitative estimate of drug-likeness (QED) is 0.284. The third kappa shape index (κ3) is 3.35. The van der Waals surface area contributed by atoms with Crippen LogP contribution < -0.4 is 0 Å². The summed E-state index contributed by atoms with van der Waals surface area (Å²) in [5, 5.41) is 0. The fourth-order valence-corrected chi connectivity index (χ4v) is 11.5. The van der Waals surface area contributed by atoms with E-state index in [2.05, 4.69) is 61.5 Å². The average molecular weight is 499 g/mol. The van der Waals surface area contributed by atoms with E-state index in [0.717, 1.165) is 24.7 Å². The zero-order valence-electron chi connectivity index (χ0n) is 25.0. The van der Waals surface area contributed by atoms with Gasteiger partial charge in [-0.2, -0.15) is 0 Å². The minimum atomic E-state index is -0.133. The minimum absolute atomic E-state index is 0.0173. The van der Waals surface area contributed by atoms with Gasteiger partial charge in [-0.25, -0.2) is 0 Å². The second-order valence-electron chi connectivity index (χ2n) is 15.6. The third-order valence-electron chi connectivity index (χ3n) is 13.8. The second-order valence-corrected chi connectivity index (χ2v) is 15.6. The van der Waals surface area contributed by atoms with Crippen LogP contribution in [0.3, 0.4) is 0 Å². The fourth-order valence-electron chi connectivity index (χ4n) is 11.5. The van der Waals surface area contributed by atoms with Gasteiger partial charge < -0.3 is 9.47 Å². The van der Waals surface area contributed by atoms with Crippen molar-refractivity contribution in [1.29, 1.82) is 0 Å². The first-order chi connectivity index (χ1) is 16.7. The monoisotopic (exact) mass is 498 g/mol. The molecule has 0 radical (unpaired) electrons. The van der Waals surface area contributed by atoms with Crippen molar-refractivity contribution in [3.63, 3.8) is 0 Å². The van der Waals surface area contributed by atoms with Gasteiger partial charge in [0.25, 0.3) is 0 Å². The first kappa shape index (κ1) is 26.8. The summed E-state index contributed by atoms with van der Waals surface area (Å²) in [7, 11) is 1.96. The van der Waals surface area contributed by atoms with Crippen molar-refractivity contribution >= 4 is 5.97 Å². The summed E-state index contributed by atoms with van der Waals surface area (Å²) >= 11 is 0. The van der Waals surface area contributed by atoms with E-state index < -0.39 is 0 Å². The Bertz CT molecular complexity index is 935. The topological polar surface area (TPSA) is 35.5 Å². The number of carbonyl (C=O) groups is 1. The molecule has 4 fully saturated rings. The molecule has 0 spiro atoms. The summed E-state index contributed by atoms with van der Waals surface area (Å²) in [6, 6.07) is 0. The van der Waals surface area contributed by atoms with Crippen molar-refractivity contribution in [3.05, 3.63) is 11.6 Å². The van der Waals surface area contributed by atoms with Gasteiger partial charge >= 0.3 is 5.97 Å². The first-order valence-electron chi connectivity index (χ1n) is 15.1. The Hall–Kier alpha value is -0.830. The average Bonchev–Trinajstić information content (AvgIpc) is 2.79. The Morgan fingerprint density at radius 1 is 0.917 bits per heavy atom. The number of methoxy groups -OCH3 is 1. The van der Waals surface area contributed by atoms with Crippen LogP contribution in [0.1, 0.15) is 114 Å². The molecule has 0 bridgehead atoms. The summed E-state index contributed by atoms with van der Waals surface area (Å²) in [5.41, 5.74) is 2.79. The van der Waals surface area contributed by atoms with Crippen molar-refractivity contribution in [2.24, 2.45) is 56.7 Å². The van der Waals surface area contributed by atoms with Gasteiger partial charge in [0, 0.05) is 25.4 Å². The Morgan fingerprint density at radius 3 is 2.25 bits per heavy atom. The Kier molecular flexibility index (Phi) is 6.19. The molecule has 204 valence electrons. The molecule has 36 heavy (non-hydrogen) atoms. The zero-order chi connectivity index (χ0) is 26.5. The normalized spacial score (nSPS) is 53.7. The Balaban J connectivity index is 1.61. The molecule has 0 N–H and O–H groups in total. The van der Waals surface area contributed by atoms with Crippen LogP contribution in [0.4, 0.5) is 0 Å². The Morgan fingerprint density at radius 2 is 1.61 bits per heavy atom. The highest BCUT2D eigenvalue weighted by atomic mass is 16.5. The van der Waals surface area contributed by atoms with Crippen LogP contribution in [0.15, 0.2) is 11.6 Å². The lowest BCUT2D eigenvalue weighted by atomic mass is 9.33. The van der Waals surface area contributed by atoms with Gasteiger partial charge in [0.1, 0.15) is 6.10 Å². The predicted molar refractivity (Wildman–Crippen MR) is 146 cm³/mol. The molecule has 5 aliphatic carbocycles. The van der Waals surface area contributed by atoms with E-state index in [9.17, 15) is 4.79 Å². The number of ether oxygens (including phenoxy) is 2. The second kappa shape index (κ2) is 8.33. The molecule has 11 atom stereocenters. The largest absolute Gasteiger partial charge is 0.462 e. The van der Waals surface area contributed by atoms with Crippen molar-refractivity contribution in [1.82, 2.24) is 0 Å². The van der Waals surface area contributed by atoms with Gasteiger partial charge in [0.15, 0.2) is 0 Å². The van der Waals surface area contributed by atoms with Crippen LogP contribution in [-0.2, 0) is 14.3 Å². The van der Waals surface area contributed by atoms with Crippen LogP contribution in [0.5, 0.6) is 0 Å². The SMILES string of the molecule is CO[C@@H]1C=C2[C@@H]3[C@@H](C)[C@H](C)CC[C@]3(C)CC[C@@]2(C)[C@]2(C)CC[C@H]3C(C)(C)[C@H](OC(C)=O)CC[C@]3(C)[C@@H]12. The maximum absolute atomic E-state index is 12.0. The molecule has 0 aromatic heterocycles. The predicted octanol–water partition coefficient (Wildman–Crippen LogP) is 8.22. The van der Waals surface area contributed by atoms with E-state index in [-0.39, 0.29) is 39.8 Å².